The van der Waals surface area contributed by atoms with Gasteiger partial charge in [0.15, 0.2) is 0 Å². The van der Waals surface area contributed by atoms with Crippen LogP contribution in [0.25, 0.3) is 0 Å². The zero-order valence-corrected chi connectivity index (χ0v) is 12.1. The fraction of sp³-hybridized carbons (Fsp3) is 0.333. The molecule has 96 valence electrons. The van der Waals surface area contributed by atoms with Gasteiger partial charge in [0, 0.05) is 23.4 Å². The molecular weight excluding hydrogens is 290 g/mol. The van der Waals surface area contributed by atoms with E-state index in [-0.39, 0.29) is 6.10 Å². The van der Waals surface area contributed by atoms with Crippen molar-refractivity contribution in [3.8, 4) is 0 Å². The molecule has 1 heterocycles. The number of benzene rings is 1. The van der Waals surface area contributed by atoms with Crippen LogP contribution in [0, 0.1) is 0 Å². The quantitative estimate of drug-likeness (QED) is 0.882. The summed E-state index contributed by atoms with van der Waals surface area (Å²) < 4.78 is 3.20. The number of aliphatic hydroxyl groups excluding tert-OH is 1. The summed E-state index contributed by atoms with van der Waals surface area (Å²) in [5.41, 5.74) is 2.25. The van der Waals surface area contributed by atoms with Crippen molar-refractivity contribution in [3.63, 3.8) is 0 Å². The van der Waals surface area contributed by atoms with Gasteiger partial charge in [-0.3, -0.25) is 0 Å². The molecule has 18 heavy (non-hydrogen) atoms. The second kappa shape index (κ2) is 6.21. The van der Waals surface area contributed by atoms with Crippen LogP contribution in [0.1, 0.15) is 37.0 Å². The molecule has 3 heteroatoms. The van der Waals surface area contributed by atoms with E-state index in [1.807, 2.05) is 30.6 Å². The molecule has 0 spiro atoms. The Labute approximate surface area is 116 Å². The molecule has 0 aliphatic heterocycles. The van der Waals surface area contributed by atoms with E-state index in [9.17, 15) is 5.11 Å². The maximum absolute atomic E-state index is 9.92. The molecule has 0 amide bonds. The topological polar surface area (TPSA) is 25.2 Å². The van der Waals surface area contributed by atoms with Crippen LogP contribution in [-0.4, -0.2) is 9.67 Å². The van der Waals surface area contributed by atoms with Gasteiger partial charge in [-0.2, -0.15) is 0 Å². The lowest BCUT2D eigenvalue weighted by atomic mass is 10.1. The Bertz CT molecular complexity index is 507. The standard InChI is InChI=1S/C15H18BrNO/c1-2-4-15(18)13-7-8-17(11-13)10-12-5-3-6-14(16)9-12/h3,5-9,11,15,18H,2,4,10H2,1H3. The van der Waals surface area contributed by atoms with Crippen LogP contribution in [0.15, 0.2) is 47.2 Å². The summed E-state index contributed by atoms with van der Waals surface area (Å²) in [5, 5.41) is 9.92. The van der Waals surface area contributed by atoms with Crippen LogP contribution in [0.4, 0.5) is 0 Å². The van der Waals surface area contributed by atoms with E-state index >= 15 is 0 Å². The summed E-state index contributed by atoms with van der Waals surface area (Å²) in [6.07, 6.45) is 5.54. The highest BCUT2D eigenvalue weighted by Crippen LogP contribution is 2.19. The molecule has 0 saturated carbocycles. The molecule has 2 nitrogen and oxygen atoms in total. The highest BCUT2D eigenvalue weighted by Gasteiger charge is 2.07. The first-order valence-electron chi connectivity index (χ1n) is 6.27. The predicted octanol–water partition coefficient (Wildman–Crippen LogP) is 4.13. The van der Waals surface area contributed by atoms with E-state index in [0.717, 1.165) is 29.4 Å². The van der Waals surface area contributed by atoms with Gasteiger partial charge in [-0.15, -0.1) is 0 Å². The number of hydrogen-bond donors (Lipinski definition) is 1. The minimum atomic E-state index is -0.334. The molecular formula is C15H18BrNO. The van der Waals surface area contributed by atoms with Crippen molar-refractivity contribution >= 4 is 15.9 Å². The average Bonchev–Trinajstić information content (AvgIpc) is 2.78. The molecule has 1 unspecified atom stereocenters. The second-order valence-corrected chi connectivity index (χ2v) is 5.47. The third-order valence-electron chi connectivity index (χ3n) is 2.97. The maximum atomic E-state index is 9.92. The first kappa shape index (κ1) is 13.4. The van der Waals surface area contributed by atoms with E-state index in [1.54, 1.807) is 0 Å². The highest BCUT2D eigenvalue weighted by atomic mass is 79.9. The smallest absolute Gasteiger partial charge is 0.0804 e. The fourth-order valence-corrected chi connectivity index (χ4v) is 2.49. The molecule has 1 N–H and O–H groups in total. The molecule has 2 rings (SSSR count). The Morgan fingerprint density at radius 1 is 1.33 bits per heavy atom. The third-order valence-corrected chi connectivity index (χ3v) is 3.47. The lowest BCUT2D eigenvalue weighted by molar-refractivity contribution is 0.166. The van der Waals surface area contributed by atoms with Crippen molar-refractivity contribution in [2.45, 2.75) is 32.4 Å². The zero-order valence-electron chi connectivity index (χ0n) is 10.5. The molecule has 0 aliphatic rings. The number of hydrogen-bond acceptors (Lipinski definition) is 1. The van der Waals surface area contributed by atoms with Crippen LogP contribution in [0.2, 0.25) is 0 Å². The van der Waals surface area contributed by atoms with Crippen molar-refractivity contribution in [1.82, 2.24) is 4.57 Å². The minimum Gasteiger partial charge on any atom is -0.388 e. The Kier molecular flexibility index (Phi) is 4.61. The monoisotopic (exact) mass is 307 g/mol. The van der Waals surface area contributed by atoms with Crippen LogP contribution in [-0.2, 0) is 6.54 Å². The molecule has 0 bridgehead atoms. The Morgan fingerprint density at radius 2 is 2.17 bits per heavy atom. The normalized spacial score (nSPS) is 12.6. The lowest BCUT2D eigenvalue weighted by Crippen LogP contribution is -1.98. The van der Waals surface area contributed by atoms with Crippen LogP contribution >= 0.6 is 15.9 Å². The van der Waals surface area contributed by atoms with E-state index in [2.05, 4.69) is 39.6 Å². The van der Waals surface area contributed by atoms with E-state index < -0.39 is 0 Å². The van der Waals surface area contributed by atoms with Crippen molar-refractivity contribution in [3.05, 3.63) is 58.3 Å². The zero-order chi connectivity index (χ0) is 13.0. The Balaban J connectivity index is 2.06. The Morgan fingerprint density at radius 3 is 2.89 bits per heavy atom. The number of aromatic nitrogens is 1. The molecule has 1 atom stereocenters. The molecule has 0 aliphatic carbocycles. The van der Waals surface area contributed by atoms with Gasteiger partial charge >= 0.3 is 0 Å². The van der Waals surface area contributed by atoms with Gasteiger partial charge < -0.3 is 9.67 Å². The first-order chi connectivity index (χ1) is 8.69. The highest BCUT2D eigenvalue weighted by molar-refractivity contribution is 9.10. The van der Waals surface area contributed by atoms with Crippen molar-refractivity contribution in [1.29, 1.82) is 0 Å². The van der Waals surface area contributed by atoms with E-state index in [0.29, 0.717) is 0 Å². The molecule has 1 aromatic heterocycles. The van der Waals surface area contributed by atoms with Gasteiger partial charge in [-0.05, 0) is 35.7 Å². The number of halogens is 1. The summed E-state index contributed by atoms with van der Waals surface area (Å²) in [6, 6.07) is 10.3. The molecule has 0 fully saturated rings. The lowest BCUT2D eigenvalue weighted by Gasteiger charge is -2.07. The molecule has 0 radical (unpaired) electrons. The maximum Gasteiger partial charge on any atom is 0.0804 e. The molecule has 0 saturated heterocycles. The van der Waals surface area contributed by atoms with Gasteiger partial charge in [0.2, 0.25) is 0 Å². The summed E-state index contributed by atoms with van der Waals surface area (Å²) >= 11 is 3.48. The van der Waals surface area contributed by atoms with Crippen LogP contribution < -0.4 is 0 Å². The summed E-state index contributed by atoms with van der Waals surface area (Å²) in [7, 11) is 0. The van der Waals surface area contributed by atoms with Gasteiger partial charge in [0.25, 0.3) is 0 Å². The van der Waals surface area contributed by atoms with Crippen LogP contribution in [0.3, 0.4) is 0 Å². The Hall–Kier alpha value is -1.06. The molecule has 1 aromatic carbocycles. The van der Waals surface area contributed by atoms with Gasteiger partial charge in [0.05, 0.1) is 6.10 Å². The number of aliphatic hydroxyl groups is 1. The first-order valence-corrected chi connectivity index (χ1v) is 7.06. The molecule has 2 aromatic rings. The second-order valence-electron chi connectivity index (χ2n) is 4.55. The summed E-state index contributed by atoms with van der Waals surface area (Å²) in [6.45, 7) is 2.92. The van der Waals surface area contributed by atoms with Crippen molar-refractivity contribution < 1.29 is 5.11 Å². The van der Waals surface area contributed by atoms with E-state index in [4.69, 9.17) is 0 Å². The third kappa shape index (κ3) is 3.47. The average molecular weight is 308 g/mol. The minimum absolute atomic E-state index is 0.334. The van der Waals surface area contributed by atoms with Gasteiger partial charge in [-0.25, -0.2) is 0 Å². The van der Waals surface area contributed by atoms with Crippen molar-refractivity contribution in [2.24, 2.45) is 0 Å². The SMILES string of the molecule is CCCC(O)c1ccn(Cc2cccc(Br)c2)c1. The van der Waals surface area contributed by atoms with Crippen LogP contribution in [0.5, 0.6) is 0 Å². The number of rotatable bonds is 5. The summed E-state index contributed by atoms with van der Waals surface area (Å²) in [5.74, 6) is 0. The predicted molar refractivity (Wildman–Crippen MR) is 77.5 cm³/mol. The largest absolute Gasteiger partial charge is 0.388 e. The number of nitrogens with zero attached hydrogens (tertiary/aromatic N) is 1. The van der Waals surface area contributed by atoms with Crippen molar-refractivity contribution in [2.75, 3.05) is 0 Å². The van der Waals surface area contributed by atoms with Gasteiger partial charge in [-0.1, -0.05) is 41.4 Å². The van der Waals surface area contributed by atoms with E-state index in [1.165, 1.54) is 5.56 Å². The van der Waals surface area contributed by atoms with Gasteiger partial charge in [0.1, 0.15) is 0 Å². The fourth-order valence-electron chi connectivity index (χ4n) is 2.04. The summed E-state index contributed by atoms with van der Waals surface area (Å²) in [4.78, 5) is 0.